The Morgan fingerprint density at radius 2 is 1.95 bits per heavy atom. The van der Waals surface area contributed by atoms with Gasteiger partial charge in [-0.15, -0.1) is 0 Å². The third-order valence-electron chi connectivity index (χ3n) is 3.53. The first kappa shape index (κ1) is 15.7. The molecule has 0 amide bonds. The van der Waals surface area contributed by atoms with Gasteiger partial charge in [0.15, 0.2) is 0 Å². The van der Waals surface area contributed by atoms with Gasteiger partial charge in [-0.1, -0.05) is 28.1 Å². The second-order valence-corrected chi connectivity index (χ2v) is 8.27. The number of para-hydroxylation sites is 1. The predicted molar refractivity (Wildman–Crippen MR) is 78.3 cm³/mol. The van der Waals surface area contributed by atoms with E-state index in [0.29, 0.717) is 23.0 Å². The number of sulfone groups is 1. The maximum Gasteiger partial charge on any atom is 0.341 e. The minimum absolute atomic E-state index is 0.299. The average Bonchev–Trinajstić information content (AvgIpc) is 2.36. The Kier molecular flexibility index (Phi) is 4.69. The van der Waals surface area contributed by atoms with Gasteiger partial charge in [-0.25, -0.2) is 8.42 Å². The molecule has 0 radical (unpaired) electrons. The lowest BCUT2D eigenvalue weighted by atomic mass is 9.85. The van der Waals surface area contributed by atoms with Gasteiger partial charge in [0.2, 0.25) is 9.84 Å². The number of hydrogen-bond acceptors (Lipinski definition) is 3. The molecule has 1 aliphatic carbocycles. The zero-order valence-electron chi connectivity index (χ0n) is 11.0. The topological polar surface area (TPSA) is 37.4 Å². The van der Waals surface area contributed by atoms with Crippen LogP contribution in [0, 0.1) is 5.92 Å². The fraction of sp³-hybridized carbons (Fsp3) is 0.538. The van der Waals surface area contributed by atoms with Gasteiger partial charge in [0.25, 0.3) is 0 Å². The zero-order valence-corrected chi connectivity index (χ0v) is 13.4. The van der Waals surface area contributed by atoms with Crippen LogP contribution in [0.15, 0.2) is 29.2 Å². The number of nitrogens with zero attached hydrogens (tertiary/aromatic N) is 1. The van der Waals surface area contributed by atoms with E-state index >= 15 is 0 Å². The highest BCUT2D eigenvalue weighted by Crippen LogP contribution is 2.36. The Hall–Kier alpha value is -0.690. The molecule has 0 heterocycles. The van der Waals surface area contributed by atoms with Crippen molar-refractivity contribution in [2.24, 2.45) is 5.92 Å². The van der Waals surface area contributed by atoms with Gasteiger partial charge < -0.3 is 4.90 Å². The molecule has 0 aromatic heterocycles. The van der Waals surface area contributed by atoms with E-state index < -0.39 is 15.6 Å². The molecule has 0 N–H and O–H groups in total. The Bertz CT molecular complexity index is 573. The van der Waals surface area contributed by atoms with Crippen molar-refractivity contribution in [3.63, 3.8) is 0 Å². The smallest absolute Gasteiger partial charge is 0.341 e. The SMILES string of the molecule is CN(CC1CC(Br)C1)c1ccccc1S(=O)(=O)C(F)F. The fourth-order valence-electron chi connectivity index (χ4n) is 2.40. The Morgan fingerprint density at radius 3 is 2.50 bits per heavy atom. The Morgan fingerprint density at radius 1 is 1.35 bits per heavy atom. The molecule has 112 valence electrons. The normalized spacial score (nSPS) is 22.6. The van der Waals surface area contributed by atoms with Crippen LogP contribution in [0.5, 0.6) is 0 Å². The van der Waals surface area contributed by atoms with E-state index in [1.807, 2.05) is 0 Å². The molecule has 7 heteroatoms. The summed E-state index contributed by atoms with van der Waals surface area (Å²) in [6.07, 6.45) is 2.04. The Labute approximate surface area is 126 Å². The van der Waals surface area contributed by atoms with Crippen LogP contribution in [0.25, 0.3) is 0 Å². The lowest BCUT2D eigenvalue weighted by Gasteiger charge is -2.35. The highest BCUT2D eigenvalue weighted by molar-refractivity contribution is 9.09. The molecule has 0 bridgehead atoms. The standard InChI is InChI=1S/C13H16BrF2NO2S/c1-17(8-9-6-10(14)7-9)11-4-2-3-5-12(11)20(18,19)13(15)16/h2-5,9-10,13H,6-8H2,1H3. The summed E-state index contributed by atoms with van der Waals surface area (Å²) in [6.45, 7) is 0.665. The molecule has 2 rings (SSSR count). The second kappa shape index (κ2) is 5.97. The van der Waals surface area contributed by atoms with Crippen molar-refractivity contribution >= 4 is 31.5 Å². The highest BCUT2D eigenvalue weighted by atomic mass is 79.9. The van der Waals surface area contributed by atoms with Crippen molar-refractivity contribution in [1.29, 1.82) is 0 Å². The molecule has 0 atom stereocenters. The van der Waals surface area contributed by atoms with Crippen molar-refractivity contribution < 1.29 is 17.2 Å². The van der Waals surface area contributed by atoms with Crippen LogP contribution in [-0.2, 0) is 9.84 Å². The molecule has 1 aromatic rings. The van der Waals surface area contributed by atoms with E-state index in [4.69, 9.17) is 0 Å². The summed E-state index contributed by atoms with van der Waals surface area (Å²) in [5, 5.41) is 0. The predicted octanol–water partition coefficient (Wildman–Crippen LogP) is 3.29. The molecule has 1 saturated carbocycles. The first-order chi connectivity index (χ1) is 9.32. The molecule has 0 aliphatic heterocycles. The molecule has 0 spiro atoms. The van der Waals surface area contributed by atoms with Gasteiger partial charge in [-0.05, 0) is 30.9 Å². The van der Waals surface area contributed by atoms with Crippen LogP contribution in [0.3, 0.4) is 0 Å². The van der Waals surface area contributed by atoms with Crippen LogP contribution in [0.1, 0.15) is 12.8 Å². The molecule has 0 saturated heterocycles. The van der Waals surface area contributed by atoms with E-state index in [-0.39, 0.29) is 4.90 Å². The number of anilines is 1. The number of rotatable bonds is 5. The summed E-state index contributed by atoms with van der Waals surface area (Å²) in [5.41, 5.74) is 0.339. The van der Waals surface area contributed by atoms with Crippen LogP contribution >= 0.6 is 15.9 Å². The number of hydrogen-bond donors (Lipinski definition) is 0. The fourth-order valence-corrected chi connectivity index (χ4v) is 4.43. The monoisotopic (exact) mass is 367 g/mol. The van der Waals surface area contributed by atoms with Gasteiger partial charge >= 0.3 is 5.76 Å². The van der Waals surface area contributed by atoms with Crippen molar-refractivity contribution in [2.75, 3.05) is 18.5 Å². The van der Waals surface area contributed by atoms with Crippen molar-refractivity contribution in [3.8, 4) is 0 Å². The Balaban J connectivity index is 2.23. The third-order valence-corrected chi connectivity index (χ3v) is 5.70. The summed E-state index contributed by atoms with van der Waals surface area (Å²) in [6, 6.07) is 5.93. The van der Waals surface area contributed by atoms with Gasteiger partial charge in [0, 0.05) is 18.4 Å². The molecule has 0 unspecified atom stereocenters. The highest BCUT2D eigenvalue weighted by Gasteiger charge is 2.32. The molecule has 1 fully saturated rings. The third kappa shape index (κ3) is 3.14. The zero-order chi connectivity index (χ0) is 14.9. The maximum absolute atomic E-state index is 12.7. The molecule has 1 aliphatic rings. The number of benzene rings is 1. The largest absolute Gasteiger partial charge is 0.373 e. The van der Waals surface area contributed by atoms with E-state index in [1.165, 1.54) is 12.1 Å². The summed E-state index contributed by atoms with van der Waals surface area (Å²) in [7, 11) is -2.83. The summed E-state index contributed by atoms with van der Waals surface area (Å²) < 4.78 is 48.8. The second-order valence-electron chi connectivity index (χ2n) is 5.09. The van der Waals surface area contributed by atoms with Crippen LogP contribution in [-0.4, -0.2) is 32.6 Å². The first-order valence-corrected chi connectivity index (χ1v) is 8.75. The van der Waals surface area contributed by atoms with Crippen LogP contribution < -0.4 is 4.90 Å². The van der Waals surface area contributed by atoms with Crippen LogP contribution in [0.4, 0.5) is 14.5 Å². The number of alkyl halides is 3. The number of halogens is 3. The summed E-state index contributed by atoms with van der Waals surface area (Å²) in [5.74, 6) is -2.93. The van der Waals surface area contributed by atoms with Crippen molar-refractivity contribution in [2.45, 2.75) is 28.3 Å². The minimum atomic E-state index is -4.57. The quantitative estimate of drug-likeness (QED) is 0.749. The van der Waals surface area contributed by atoms with Crippen molar-refractivity contribution in [1.82, 2.24) is 0 Å². The van der Waals surface area contributed by atoms with Crippen LogP contribution in [0.2, 0.25) is 0 Å². The van der Waals surface area contributed by atoms with E-state index in [2.05, 4.69) is 15.9 Å². The molecule has 3 nitrogen and oxygen atoms in total. The van der Waals surface area contributed by atoms with Crippen molar-refractivity contribution in [3.05, 3.63) is 24.3 Å². The first-order valence-electron chi connectivity index (χ1n) is 6.28. The molecule has 20 heavy (non-hydrogen) atoms. The molecular weight excluding hydrogens is 352 g/mol. The van der Waals surface area contributed by atoms with Gasteiger partial charge in [-0.3, -0.25) is 0 Å². The summed E-state index contributed by atoms with van der Waals surface area (Å²) in [4.78, 5) is 1.96. The lowest BCUT2D eigenvalue weighted by molar-refractivity contribution is 0.234. The summed E-state index contributed by atoms with van der Waals surface area (Å²) >= 11 is 3.50. The van der Waals surface area contributed by atoms with E-state index in [1.54, 1.807) is 24.1 Å². The van der Waals surface area contributed by atoms with Gasteiger partial charge in [0.05, 0.1) is 10.6 Å². The van der Waals surface area contributed by atoms with E-state index in [9.17, 15) is 17.2 Å². The van der Waals surface area contributed by atoms with E-state index in [0.717, 1.165) is 12.8 Å². The molecule has 1 aromatic carbocycles. The average molecular weight is 368 g/mol. The van der Waals surface area contributed by atoms with Gasteiger partial charge in [0.1, 0.15) is 0 Å². The lowest BCUT2D eigenvalue weighted by Crippen LogP contribution is -2.35. The van der Waals surface area contributed by atoms with Gasteiger partial charge in [-0.2, -0.15) is 8.78 Å². The minimum Gasteiger partial charge on any atom is -0.373 e. The molecular formula is C13H16BrF2NO2S. The maximum atomic E-state index is 12.7.